The molecule has 4 N–H and O–H groups in total. The molecule has 0 aromatic heterocycles. The van der Waals surface area contributed by atoms with Crippen molar-refractivity contribution in [3.05, 3.63) is 0 Å². The van der Waals surface area contributed by atoms with Gasteiger partial charge in [-0.3, -0.25) is 0 Å². The van der Waals surface area contributed by atoms with Crippen LogP contribution >= 0.6 is 0 Å². The van der Waals surface area contributed by atoms with Crippen LogP contribution in [0.2, 0.25) is 12.1 Å². The van der Waals surface area contributed by atoms with E-state index in [2.05, 4.69) is 21.3 Å². The van der Waals surface area contributed by atoms with Crippen molar-refractivity contribution in [1.29, 1.82) is 0 Å². The normalized spacial score (nSPS) is 11.9. The second-order valence-corrected chi connectivity index (χ2v) is 15.1. The fourth-order valence-electron chi connectivity index (χ4n) is 4.50. The summed E-state index contributed by atoms with van der Waals surface area (Å²) in [5.74, 6) is 0. The van der Waals surface area contributed by atoms with E-state index in [0.29, 0.717) is 77.9 Å². The van der Waals surface area contributed by atoms with E-state index in [-0.39, 0.29) is 12.1 Å². The highest BCUT2D eigenvalue weighted by Gasteiger charge is 2.40. The average molecular weight is 639 g/mol. The Kier molecular flexibility index (Phi) is 26.5. The lowest BCUT2D eigenvalue weighted by molar-refractivity contribution is 0.0700. The highest BCUT2D eigenvalue weighted by molar-refractivity contribution is 6.61. The van der Waals surface area contributed by atoms with Gasteiger partial charge in [-0.25, -0.2) is 9.59 Å². The van der Waals surface area contributed by atoms with Crippen LogP contribution < -0.4 is 21.3 Å². The highest BCUT2D eigenvalue weighted by atomic mass is 28.4. The van der Waals surface area contributed by atoms with Gasteiger partial charge >= 0.3 is 29.7 Å². The number of urea groups is 2. The van der Waals surface area contributed by atoms with E-state index in [1.165, 1.54) is 0 Å². The first-order valence-electron chi connectivity index (χ1n) is 16.2. The molecule has 0 spiro atoms. The summed E-state index contributed by atoms with van der Waals surface area (Å²) < 4.78 is 35.1. The molecule has 0 aliphatic heterocycles. The molecule has 0 aromatic carbocycles. The minimum absolute atomic E-state index is 0.143. The van der Waals surface area contributed by atoms with E-state index < -0.39 is 17.6 Å². The largest absolute Gasteiger partial charge is 0.500 e. The minimum Gasteiger partial charge on any atom is -0.374 e. The van der Waals surface area contributed by atoms with Crippen molar-refractivity contribution in [2.45, 2.75) is 105 Å². The van der Waals surface area contributed by atoms with E-state index in [4.69, 9.17) is 26.6 Å². The molecule has 0 fully saturated rings. The maximum Gasteiger partial charge on any atom is 0.500 e. The lowest BCUT2D eigenvalue weighted by Crippen LogP contribution is -2.46. The predicted molar refractivity (Wildman–Crippen MR) is 171 cm³/mol. The summed E-state index contributed by atoms with van der Waals surface area (Å²) in [5.41, 5.74) is 0. The van der Waals surface area contributed by atoms with Crippen molar-refractivity contribution in [3.8, 4) is 0 Å². The Morgan fingerprint density at radius 2 is 0.643 bits per heavy atom. The maximum absolute atomic E-state index is 12.1. The van der Waals surface area contributed by atoms with Gasteiger partial charge in [0, 0.05) is 77.9 Å². The van der Waals surface area contributed by atoms with E-state index in [9.17, 15) is 9.59 Å². The van der Waals surface area contributed by atoms with E-state index in [1.54, 1.807) is 0 Å². The number of carbonyl (C=O) groups excluding carboxylic acids is 2. The highest BCUT2D eigenvalue weighted by Crippen LogP contribution is 2.18. The summed E-state index contributed by atoms with van der Waals surface area (Å²) in [6.07, 6.45) is 7.74. The lowest BCUT2D eigenvalue weighted by Gasteiger charge is -2.28. The van der Waals surface area contributed by atoms with Crippen molar-refractivity contribution in [3.63, 3.8) is 0 Å². The number of hydrogen-bond donors (Lipinski definition) is 4. The zero-order valence-electron chi connectivity index (χ0n) is 27.4. The second kappa shape index (κ2) is 27.3. The molecule has 0 aliphatic rings. The molecule has 42 heavy (non-hydrogen) atoms. The van der Waals surface area contributed by atoms with Gasteiger partial charge in [-0.1, -0.05) is 25.7 Å². The first-order chi connectivity index (χ1) is 20.4. The van der Waals surface area contributed by atoms with Gasteiger partial charge in [-0.05, 0) is 67.2 Å². The summed E-state index contributed by atoms with van der Waals surface area (Å²) >= 11 is 0. The Hall–Kier alpha value is -1.27. The van der Waals surface area contributed by atoms with Crippen LogP contribution in [0.5, 0.6) is 0 Å². The third-order valence-electron chi connectivity index (χ3n) is 6.25. The smallest absolute Gasteiger partial charge is 0.374 e. The number of nitrogens with one attached hydrogen (secondary N) is 4. The van der Waals surface area contributed by atoms with E-state index in [1.807, 2.05) is 41.5 Å². The maximum atomic E-state index is 12.1. The van der Waals surface area contributed by atoms with Crippen molar-refractivity contribution in [2.24, 2.45) is 0 Å². The zero-order valence-corrected chi connectivity index (χ0v) is 29.4. The molecule has 14 heteroatoms. The molecular formula is C28H62N4O8Si2. The fourth-order valence-corrected chi connectivity index (χ4v) is 9.73. The molecule has 0 unspecified atom stereocenters. The first-order valence-corrected chi connectivity index (χ1v) is 20.1. The van der Waals surface area contributed by atoms with Gasteiger partial charge in [0.25, 0.3) is 0 Å². The van der Waals surface area contributed by atoms with E-state index in [0.717, 1.165) is 51.4 Å². The topological polar surface area (TPSA) is 138 Å². The molecular weight excluding hydrogens is 577 g/mol. The predicted octanol–water partition coefficient (Wildman–Crippen LogP) is 4.80. The van der Waals surface area contributed by atoms with Gasteiger partial charge < -0.3 is 47.8 Å². The van der Waals surface area contributed by atoms with Gasteiger partial charge in [0.1, 0.15) is 0 Å². The summed E-state index contributed by atoms with van der Waals surface area (Å²) in [6.45, 7) is 17.4. The molecule has 0 atom stereocenters. The molecule has 0 saturated carbocycles. The van der Waals surface area contributed by atoms with Crippen LogP contribution in [0, 0.1) is 0 Å². The summed E-state index contributed by atoms with van der Waals surface area (Å²) in [7, 11) is -5.30. The molecule has 0 bridgehead atoms. The number of amides is 4. The number of rotatable bonds is 29. The van der Waals surface area contributed by atoms with Crippen LogP contribution in [0.25, 0.3) is 0 Å². The Bertz CT molecular complexity index is 579. The Morgan fingerprint density at radius 3 is 0.905 bits per heavy atom. The number of carbonyl (C=O) groups is 2. The standard InChI is InChI=1S/C28H62N4O8Si2/c1-7-35-41(36-8-2,37-9-3)25-19-23-31-27(33)29-21-17-15-13-14-16-18-22-30-28(34)32-24-20-26-42(38-10-4,39-11-5)40-12-6/h7-26H2,1-6H3,(H2,29,31,33)(H2,30,32,34). The van der Waals surface area contributed by atoms with Gasteiger partial charge in [-0.15, -0.1) is 0 Å². The molecule has 0 saturated heterocycles. The number of unbranched alkanes of at least 4 members (excludes halogenated alkanes) is 5. The van der Waals surface area contributed by atoms with Crippen molar-refractivity contribution >= 4 is 29.7 Å². The minimum atomic E-state index is -2.65. The van der Waals surface area contributed by atoms with Crippen LogP contribution in [0.4, 0.5) is 9.59 Å². The van der Waals surface area contributed by atoms with Gasteiger partial charge in [-0.2, -0.15) is 0 Å². The van der Waals surface area contributed by atoms with E-state index >= 15 is 0 Å². The molecule has 4 amide bonds. The molecule has 0 aliphatic carbocycles. The third-order valence-corrected chi connectivity index (χ3v) is 12.6. The lowest BCUT2D eigenvalue weighted by atomic mass is 10.1. The van der Waals surface area contributed by atoms with Gasteiger partial charge in [0.15, 0.2) is 0 Å². The molecule has 0 heterocycles. The number of hydrogen-bond acceptors (Lipinski definition) is 8. The summed E-state index contributed by atoms with van der Waals surface area (Å²) in [5, 5.41) is 11.7. The summed E-state index contributed by atoms with van der Waals surface area (Å²) in [4.78, 5) is 24.1. The SMILES string of the molecule is CCO[Si](CCCNC(=O)NCCCCCCCCNC(=O)NCCC[Si](OCC)(OCC)OCC)(OCC)OCC. The molecule has 0 radical (unpaired) electrons. The van der Waals surface area contributed by atoms with Crippen molar-refractivity contribution in [2.75, 3.05) is 65.8 Å². The van der Waals surface area contributed by atoms with Crippen LogP contribution in [0.3, 0.4) is 0 Å². The Labute approximate surface area is 257 Å². The van der Waals surface area contributed by atoms with Crippen LogP contribution in [-0.4, -0.2) is 95.5 Å². The monoisotopic (exact) mass is 638 g/mol. The Morgan fingerprint density at radius 1 is 0.405 bits per heavy atom. The van der Waals surface area contributed by atoms with Crippen LogP contribution in [-0.2, 0) is 26.6 Å². The summed E-state index contributed by atoms with van der Waals surface area (Å²) in [6, 6.07) is 1.08. The van der Waals surface area contributed by atoms with Gasteiger partial charge in [0.2, 0.25) is 0 Å². The van der Waals surface area contributed by atoms with Crippen LogP contribution in [0.15, 0.2) is 0 Å². The molecule has 0 aromatic rings. The first kappa shape index (κ1) is 40.7. The van der Waals surface area contributed by atoms with Gasteiger partial charge in [0.05, 0.1) is 0 Å². The molecule has 0 rings (SSSR count). The quantitative estimate of drug-likeness (QED) is 0.0677. The molecule has 12 nitrogen and oxygen atoms in total. The van der Waals surface area contributed by atoms with Crippen molar-refractivity contribution in [1.82, 2.24) is 21.3 Å². The average Bonchev–Trinajstić information content (AvgIpc) is 2.95. The zero-order chi connectivity index (χ0) is 31.4. The van der Waals surface area contributed by atoms with Crippen molar-refractivity contribution < 1.29 is 36.1 Å². The Balaban J connectivity index is 3.78. The van der Waals surface area contributed by atoms with Crippen LogP contribution in [0.1, 0.15) is 92.9 Å². The second-order valence-electron chi connectivity index (χ2n) is 9.66. The molecule has 250 valence electrons. The third kappa shape index (κ3) is 20.6. The fraction of sp³-hybridized carbons (Fsp3) is 0.929.